The van der Waals surface area contributed by atoms with Crippen LogP contribution >= 0.6 is 0 Å². The zero-order chi connectivity index (χ0) is 17.8. The van der Waals surface area contributed by atoms with Crippen LogP contribution in [0.3, 0.4) is 0 Å². The molecule has 0 radical (unpaired) electrons. The molecule has 0 atom stereocenters. The normalized spacial score (nSPS) is 13.1. The van der Waals surface area contributed by atoms with Crippen molar-refractivity contribution in [2.24, 2.45) is 5.92 Å². The molecule has 0 aliphatic heterocycles. The molecule has 1 heterocycles. The van der Waals surface area contributed by atoms with Crippen LogP contribution in [0.25, 0.3) is 11.0 Å². The lowest BCUT2D eigenvalue weighted by Gasteiger charge is -2.11. The van der Waals surface area contributed by atoms with Crippen LogP contribution in [0.2, 0.25) is 0 Å². The van der Waals surface area contributed by atoms with E-state index in [2.05, 4.69) is 22.2 Å². The fourth-order valence-corrected chi connectivity index (χ4v) is 2.35. The van der Waals surface area contributed by atoms with Crippen LogP contribution in [0, 0.1) is 12.8 Å². The molecule has 1 aromatic heterocycles. The van der Waals surface area contributed by atoms with E-state index in [0.29, 0.717) is 11.6 Å². The highest BCUT2D eigenvalue weighted by atomic mass is 16.5. The van der Waals surface area contributed by atoms with Crippen molar-refractivity contribution in [2.75, 3.05) is 18.2 Å². The van der Waals surface area contributed by atoms with Gasteiger partial charge in [-0.15, -0.1) is 0 Å². The zero-order valence-corrected chi connectivity index (χ0v) is 14.9. The van der Waals surface area contributed by atoms with Gasteiger partial charge in [0.1, 0.15) is 5.75 Å². The van der Waals surface area contributed by atoms with Crippen LogP contribution in [0.4, 0.5) is 17.3 Å². The Morgan fingerprint density at radius 1 is 1.08 bits per heavy atom. The molecule has 130 valence electrons. The second-order valence-corrected chi connectivity index (χ2v) is 6.49. The Morgan fingerprint density at radius 3 is 2.32 bits per heavy atom. The number of hydrogen-bond donors (Lipinski definition) is 2. The number of aryl methyl sites for hydroxylation is 1. The van der Waals surface area contributed by atoms with Crippen LogP contribution in [-0.2, 0) is 0 Å². The molecular formula is C20H24N4O. The first kappa shape index (κ1) is 17.0. The van der Waals surface area contributed by atoms with Gasteiger partial charge in [0.25, 0.3) is 0 Å². The average molecular weight is 336 g/mol. The summed E-state index contributed by atoms with van der Waals surface area (Å²) in [5.41, 5.74) is 9.51. The van der Waals surface area contributed by atoms with E-state index >= 15 is 0 Å². The van der Waals surface area contributed by atoms with E-state index in [1.807, 2.05) is 49.4 Å². The van der Waals surface area contributed by atoms with Crippen molar-refractivity contribution in [3.8, 4) is 5.75 Å². The number of nitrogens with one attached hydrogen (secondary N) is 1. The van der Waals surface area contributed by atoms with Gasteiger partial charge in [0.2, 0.25) is 0 Å². The first-order valence-corrected chi connectivity index (χ1v) is 8.50. The van der Waals surface area contributed by atoms with Gasteiger partial charge in [0.15, 0.2) is 11.6 Å². The molecule has 0 saturated heterocycles. The number of nitrogen functional groups attached to an aromatic ring is 1. The van der Waals surface area contributed by atoms with Crippen molar-refractivity contribution in [3.63, 3.8) is 0 Å². The van der Waals surface area contributed by atoms with Crippen LogP contribution in [-0.4, -0.2) is 17.1 Å². The Labute approximate surface area is 148 Å². The van der Waals surface area contributed by atoms with Crippen molar-refractivity contribution in [3.05, 3.63) is 48.0 Å². The summed E-state index contributed by atoms with van der Waals surface area (Å²) in [5, 5.41) is 3.20. The van der Waals surface area contributed by atoms with E-state index < -0.39 is 0 Å². The minimum Gasteiger partial charge on any atom is -0.497 e. The number of para-hydroxylation sites is 2. The summed E-state index contributed by atoms with van der Waals surface area (Å²) in [6.45, 7) is 4.28. The third-order valence-electron chi connectivity index (χ3n) is 4.01. The monoisotopic (exact) mass is 336 g/mol. The lowest BCUT2D eigenvalue weighted by molar-refractivity contribution is 0.414. The predicted octanol–water partition coefficient (Wildman–Crippen LogP) is 4.69. The number of anilines is 3. The lowest BCUT2D eigenvalue weighted by Crippen LogP contribution is -2.02. The van der Waals surface area contributed by atoms with E-state index in [1.165, 1.54) is 12.8 Å². The SMILES string of the molecule is CC1CC1.COc1cc(C)cc(Nc2nc3ccccc3nc2N)c1. The van der Waals surface area contributed by atoms with Gasteiger partial charge in [-0.2, -0.15) is 0 Å². The summed E-state index contributed by atoms with van der Waals surface area (Å²) in [4.78, 5) is 8.87. The zero-order valence-electron chi connectivity index (χ0n) is 14.9. The van der Waals surface area contributed by atoms with E-state index in [-0.39, 0.29) is 0 Å². The number of hydrogen-bond acceptors (Lipinski definition) is 5. The fraction of sp³-hybridized carbons (Fsp3) is 0.300. The Morgan fingerprint density at radius 2 is 1.72 bits per heavy atom. The first-order valence-electron chi connectivity index (χ1n) is 8.50. The molecule has 0 spiro atoms. The number of rotatable bonds is 3. The molecule has 1 aliphatic carbocycles. The summed E-state index contributed by atoms with van der Waals surface area (Å²) in [6, 6.07) is 13.5. The molecule has 2 aromatic carbocycles. The molecule has 5 heteroatoms. The molecule has 0 unspecified atom stereocenters. The Balaban J connectivity index is 0.000000401. The summed E-state index contributed by atoms with van der Waals surface area (Å²) in [5.74, 6) is 2.78. The van der Waals surface area contributed by atoms with Gasteiger partial charge in [-0.25, -0.2) is 9.97 Å². The smallest absolute Gasteiger partial charge is 0.174 e. The van der Waals surface area contributed by atoms with Gasteiger partial charge >= 0.3 is 0 Å². The predicted molar refractivity (Wildman–Crippen MR) is 103 cm³/mol. The Hall–Kier alpha value is -2.82. The summed E-state index contributed by atoms with van der Waals surface area (Å²) in [7, 11) is 1.64. The molecule has 3 aromatic rings. The van der Waals surface area contributed by atoms with Crippen molar-refractivity contribution in [2.45, 2.75) is 26.7 Å². The standard InChI is InChI=1S/C16H16N4O.C4H8/c1-10-7-11(9-12(8-10)21-2)18-16-15(17)19-13-5-3-4-6-14(13)20-16;1-4-2-3-4/h3-9H,1-2H3,(H2,17,19)(H,18,20);4H,2-3H2,1H3. The van der Waals surface area contributed by atoms with Gasteiger partial charge in [0, 0.05) is 11.8 Å². The third-order valence-corrected chi connectivity index (χ3v) is 4.01. The second-order valence-electron chi connectivity index (χ2n) is 6.49. The van der Waals surface area contributed by atoms with E-state index in [9.17, 15) is 0 Å². The number of nitrogens with zero attached hydrogens (tertiary/aromatic N) is 2. The molecule has 0 amide bonds. The van der Waals surface area contributed by atoms with Crippen molar-refractivity contribution < 1.29 is 4.74 Å². The molecule has 3 N–H and O–H groups in total. The van der Waals surface area contributed by atoms with Gasteiger partial charge in [-0.1, -0.05) is 31.9 Å². The lowest BCUT2D eigenvalue weighted by atomic mass is 10.2. The second kappa shape index (κ2) is 7.38. The molecule has 4 rings (SSSR count). The maximum Gasteiger partial charge on any atom is 0.174 e. The van der Waals surface area contributed by atoms with Gasteiger partial charge in [0.05, 0.1) is 18.1 Å². The third kappa shape index (κ3) is 4.59. The number of fused-ring (bicyclic) bond motifs is 1. The number of benzene rings is 2. The van der Waals surface area contributed by atoms with Crippen LogP contribution < -0.4 is 15.8 Å². The number of ether oxygens (including phenoxy) is 1. The van der Waals surface area contributed by atoms with Crippen LogP contribution in [0.1, 0.15) is 25.3 Å². The molecule has 1 fully saturated rings. The van der Waals surface area contributed by atoms with E-state index in [4.69, 9.17) is 10.5 Å². The molecular weight excluding hydrogens is 312 g/mol. The first-order chi connectivity index (χ1) is 12.0. The average Bonchev–Trinajstić information content (AvgIpc) is 3.38. The van der Waals surface area contributed by atoms with E-state index in [1.54, 1.807) is 7.11 Å². The van der Waals surface area contributed by atoms with Crippen molar-refractivity contribution >= 4 is 28.4 Å². The van der Waals surface area contributed by atoms with Gasteiger partial charge < -0.3 is 15.8 Å². The summed E-state index contributed by atoms with van der Waals surface area (Å²) in [6.07, 6.45) is 2.97. The highest BCUT2D eigenvalue weighted by Crippen LogP contribution is 2.27. The number of methoxy groups -OCH3 is 1. The van der Waals surface area contributed by atoms with Gasteiger partial charge in [-0.3, -0.25) is 0 Å². The molecule has 0 bridgehead atoms. The largest absolute Gasteiger partial charge is 0.497 e. The quantitative estimate of drug-likeness (QED) is 0.726. The maximum atomic E-state index is 5.98. The van der Waals surface area contributed by atoms with Crippen LogP contribution in [0.15, 0.2) is 42.5 Å². The minimum absolute atomic E-state index is 0.370. The highest BCUT2D eigenvalue weighted by molar-refractivity contribution is 5.81. The Kier molecular flexibility index (Phi) is 5.03. The molecule has 5 nitrogen and oxygen atoms in total. The van der Waals surface area contributed by atoms with Crippen LogP contribution in [0.5, 0.6) is 5.75 Å². The molecule has 25 heavy (non-hydrogen) atoms. The van der Waals surface area contributed by atoms with E-state index in [0.717, 1.165) is 34.0 Å². The van der Waals surface area contributed by atoms with Gasteiger partial charge in [-0.05, 0) is 42.7 Å². The molecule has 1 saturated carbocycles. The fourth-order valence-electron chi connectivity index (χ4n) is 2.35. The van der Waals surface area contributed by atoms with Crippen molar-refractivity contribution in [1.82, 2.24) is 9.97 Å². The number of aromatic nitrogens is 2. The summed E-state index contributed by atoms with van der Waals surface area (Å²) >= 11 is 0. The molecule has 1 aliphatic rings. The maximum absolute atomic E-state index is 5.98. The highest BCUT2D eigenvalue weighted by Gasteiger charge is 2.12. The number of nitrogens with two attached hydrogens (primary N) is 1. The minimum atomic E-state index is 0.370. The topological polar surface area (TPSA) is 73.1 Å². The Bertz CT molecular complexity index is 875. The van der Waals surface area contributed by atoms with Crippen molar-refractivity contribution in [1.29, 1.82) is 0 Å². The summed E-state index contributed by atoms with van der Waals surface area (Å²) < 4.78 is 5.27.